The summed E-state index contributed by atoms with van der Waals surface area (Å²) in [6.45, 7) is 0.697. The number of nitrogens with one attached hydrogen (secondary N) is 2. The van der Waals surface area contributed by atoms with Crippen molar-refractivity contribution in [3.8, 4) is 11.6 Å². The maximum absolute atomic E-state index is 11.9. The van der Waals surface area contributed by atoms with E-state index in [9.17, 15) is 4.79 Å². The molecule has 0 radical (unpaired) electrons. The van der Waals surface area contributed by atoms with Crippen LogP contribution in [0.1, 0.15) is 30.0 Å². The van der Waals surface area contributed by atoms with Gasteiger partial charge in [0.15, 0.2) is 0 Å². The minimum absolute atomic E-state index is 0.0748. The second-order valence-corrected chi connectivity index (χ2v) is 6.81. The molecule has 144 valence electrons. The zero-order valence-electron chi connectivity index (χ0n) is 15.6. The predicted octanol–water partition coefficient (Wildman–Crippen LogP) is 2.11. The molecule has 1 amide bonds. The molecule has 8 nitrogen and oxygen atoms in total. The second-order valence-electron chi connectivity index (χ2n) is 6.81. The summed E-state index contributed by atoms with van der Waals surface area (Å²) >= 11 is 0. The highest BCUT2D eigenvalue weighted by Gasteiger charge is 2.30. The van der Waals surface area contributed by atoms with Gasteiger partial charge in [-0.05, 0) is 24.1 Å². The van der Waals surface area contributed by atoms with Crippen molar-refractivity contribution in [2.45, 2.75) is 31.5 Å². The lowest BCUT2D eigenvalue weighted by Gasteiger charge is -2.32. The van der Waals surface area contributed by atoms with Crippen molar-refractivity contribution in [3.05, 3.63) is 66.4 Å². The Bertz CT molecular complexity index is 925. The fourth-order valence-corrected chi connectivity index (χ4v) is 3.32. The lowest BCUT2D eigenvalue weighted by atomic mass is 9.93. The molecule has 0 unspecified atom stereocenters. The molecular formula is C20H22N6O2. The predicted molar refractivity (Wildman–Crippen MR) is 103 cm³/mol. The van der Waals surface area contributed by atoms with E-state index in [1.54, 1.807) is 23.3 Å². The van der Waals surface area contributed by atoms with Crippen molar-refractivity contribution < 1.29 is 9.53 Å². The van der Waals surface area contributed by atoms with E-state index in [-0.39, 0.29) is 18.0 Å². The fourth-order valence-electron chi connectivity index (χ4n) is 3.32. The molecule has 1 aromatic carbocycles. The van der Waals surface area contributed by atoms with Gasteiger partial charge in [-0.1, -0.05) is 12.1 Å². The van der Waals surface area contributed by atoms with E-state index >= 15 is 0 Å². The maximum Gasteiger partial charge on any atom is 0.237 e. The Hall–Kier alpha value is -3.26. The summed E-state index contributed by atoms with van der Waals surface area (Å²) in [6.07, 6.45) is 9.85. The van der Waals surface area contributed by atoms with Crippen molar-refractivity contribution in [1.29, 1.82) is 0 Å². The molecule has 2 N–H and O–H groups in total. The molecule has 0 saturated carbocycles. The Balaban J connectivity index is 1.38. The van der Waals surface area contributed by atoms with Gasteiger partial charge in [-0.25, -0.2) is 4.98 Å². The molecule has 4 rings (SSSR count). The third-order valence-electron chi connectivity index (χ3n) is 4.74. The van der Waals surface area contributed by atoms with Crippen LogP contribution < -0.4 is 15.4 Å². The first-order valence-electron chi connectivity index (χ1n) is 9.21. The number of nitrogens with zero attached hydrogens (tertiary/aromatic N) is 4. The van der Waals surface area contributed by atoms with Crippen molar-refractivity contribution in [1.82, 2.24) is 30.4 Å². The SMILES string of the molecule is Cn1cc([C@@H]2NC(=O)CC[C@H]2NCc2ccc(Oc3cnccn3)cc2)cn1. The molecule has 28 heavy (non-hydrogen) atoms. The zero-order valence-corrected chi connectivity index (χ0v) is 15.6. The topological polar surface area (TPSA) is 94.0 Å². The number of aromatic nitrogens is 4. The Morgan fingerprint density at radius 3 is 2.82 bits per heavy atom. The summed E-state index contributed by atoms with van der Waals surface area (Å²) in [6, 6.07) is 7.92. The van der Waals surface area contributed by atoms with Gasteiger partial charge in [0, 0.05) is 50.2 Å². The van der Waals surface area contributed by atoms with Gasteiger partial charge in [0.2, 0.25) is 11.8 Å². The standard InChI is InChI=1S/C20H22N6O2/c1-26-13-15(11-24-26)20-17(6-7-18(27)25-20)23-10-14-2-4-16(5-3-14)28-19-12-21-8-9-22-19/h2-5,8-9,11-13,17,20,23H,6-7,10H2,1H3,(H,25,27)/t17-,20+/m1/s1. The molecule has 1 aliphatic rings. The van der Waals surface area contributed by atoms with Crippen LogP contribution in [0.15, 0.2) is 55.2 Å². The van der Waals surface area contributed by atoms with Crippen LogP contribution in [0.5, 0.6) is 11.6 Å². The third-order valence-corrected chi connectivity index (χ3v) is 4.74. The number of ether oxygens (including phenoxy) is 1. The normalized spacial score (nSPS) is 19.2. The van der Waals surface area contributed by atoms with Crippen LogP contribution in [0.4, 0.5) is 0 Å². The smallest absolute Gasteiger partial charge is 0.237 e. The van der Waals surface area contributed by atoms with Crippen LogP contribution in [0, 0.1) is 0 Å². The number of hydrogen-bond acceptors (Lipinski definition) is 6. The van der Waals surface area contributed by atoms with E-state index in [4.69, 9.17) is 4.74 Å². The van der Waals surface area contributed by atoms with Gasteiger partial charge in [-0.2, -0.15) is 5.10 Å². The Morgan fingerprint density at radius 2 is 2.11 bits per heavy atom. The van der Waals surface area contributed by atoms with E-state index in [1.807, 2.05) is 43.7 Å². The average molecular weight is 378 g/mol. The van der Waals surface area contributed by atoms with Gasteiger partial charge in [0.05, 0.1) is 18.4 Å². The zero-order chi connectivity index (χ0) is 19.3. The highest BCUT2D eigenvalue weighted by molar-refractivity contribution is 5.77. The Morgan fingerprint density at radius 1 is 1.25 bits per heavy atom. The number of rotatable bonds is 6. The average Bonchev–Trinajstić information content (AvgIpc) is 3.15. The maximum atomic E-state index is 11.9. The molecule has 3 aromatic rings. The van der Waals surface area contributed by atoms with Crippen molar-refractivity contribution in [3.63, 3.8) is 0 Å². The minimum atomic E-state index is -0.0748. The molecule has 8 heteroatoms. The number of carbonyl (C=O) groups excluding carboxylic acids is 1. The number of aryl methyl sites for hydroxylation is 1. The summed E-state index contributed by atoms with van der Waals surface area (Å²) < 4.78 is 7.42. The molecule has 1 fully saturated rings. The van der Waals surface area contributed by atoms with Gasteiger partial charge in [-0.3, -0.25) is 14.5 Å². The van der Waals surface area contributed by atoms with Crippen LogP contribution in [-0.2, 0) is 18.4 Å². The number of amides is 1. The van der Waals surface area contributed by atoms with Gasteiger partial charge < -0.3 is 15.4 Å². The molecule has 0 spiro atoms. The first kappa shape index (κ1) is 18.1. The van der Waals surface area contributed by atoms with Crippen LogP contribution >= 0.6 is 0 Å². The second kappa shape index (κ2) is 8.18. The first-order valence-corrected chi connectivity index (χ1v) is 9.21. The molecular weight excluding hydrogens is 356 g/mol. The van der Waals surface area contributed by atoms with Crippen LogP contribution in [0.3, 0.4) is 0 Å². The van der Waals surface area contributed by atoms with Crippen molar-refractivity contribution >= 4 is 5.91 Å². The van der Waals surface area contributed by atoms with E-state index in [0.29, 0.717) is 24.6 Å². The number of hydrogen-bond donors (Lipinski definition) is 2. The van der Waals surface area contributed by atoms with Gasteiger partial charge in [-0.15, -0.1) is 0 Å². The lowest BCUT2D eigenvalue weighted by Crippen LogP contribution is -2.48. The van der Waals surface area contributed by atoms with Gasteiger partial charge in [0.25, 0.3) is 0 Å². The summed E-state index contributed by atoms with van der Waals surface area (Å²) in [5, 5.41) is 10.9. The quantitative estimate of drug-likeness (QED) is 0.682. The molecule has 0 aliphatic carbocycles. The number of carbonyl (C=O) groups is 1. The summed E-state index contributed by atoms with van der Waals surface area (Å²) in [4.78, 5) is 20.0. The minimum Gasteiger partial charge on any atom is -0.438 e. The molecule has 1 aliphatic heterocycles. The van der Waals surface area contributed by atoms with Crippen molar-refractivity contribution in [2.24, 2.45) is 7.05 Å². The first-order chi connectivity index (χ1) is 13.7. The van der Waals surface area contributed by atoms with Crippen LogP contribution in [-0.4, -0.2) is 31.7 Å². The summed E-state index contributed by atoms with van der Waals surface area (Å²) in [7, 11) is 1.88. The molecule has 3 heterocycles. The summed E-state index contributed by atoms with van der Waals surface area (Å²) in [5.74, 6) is 1.26. The number of benzene rings is 1. The Kier molecular flexibility index (Phi) is 5.29. The monoisotopic (exact) mass is 378 g/mol. The Labute approximate surface area is 163 Å². The lowest BCUT2D eigenvalue weighted by molar-refractivity contribution is -0.123. The largest absolute Gasteiger partial charge is 0.438 e. The molecule has 2 atom stereocenters. The summed E-state index contributed by atoms with van der Waals surface area (Å²) in [5.41, 5.74) is 2.15. The molecule has 1 saturated heterocycles. The van der Waals surface area contributed by atoms with Crippen LogP contribution in [0.2, 0.25) is 0 Å². The molecule has 0 bridgehead atoms. The fraction of sp³-hybridized carbons (Fsp3) is 0.300. The van der Waals surface area contributed by atoms with E-state index in [1.165, 1.54) is 0 Å². The van der Waals surface area contributed by atoms with E-state index in [0.717, 1.165) is 17.5 Å². The van der Waals surface area contributed by atoms with Crippen molar-refractivity contribution in [2.75, 3.05) is 0 Å². The number of piperidine rings is 1. The highest BCUT2D eigenvalue weighted by atomic mass is 16.5. The molecule has 2 aromatic heterocycles. The van der Waals surface area contributed by atoms with Gasteiger partial charge in [0.1, 0.15) is 5.75 Å². The highest BCUT2D eigenvalue weighted by Crippen LogP contribution is 2.24. The van der Waals surface area contributed by atoms with Gasteiger partial charge >= 0.3 is 0 Å². The third kappa shape index (κ3) is 4.34. The van der Waals surface area contributed by atoms with E-state index in [2.05, 4.69) is 25.7 Å². The van der Waals surface area contributed by atoms with E-state index < -0.39 is 0 Å². The van der Waals surface area contributed by atoms with Crippen LogP contribution in [0.25, 0.3) is 0 Å².